The highest BCUT2D eigenvalue weighted by atomic mass is 35.5. The highest BCUT2D eigenvalue weighted by Gasteiger charge is 2.24. The number of anilines is 4. The first-order valence-corrected chi connectivity index (χ1v) is 14.3. The van der Waals surface area contributed by atoms with Gasteiger partial charge in [-0.25, -0.2) is 4.39 Å². The molecule has 42 heavy (non-hydrogen) atoms. The first-order valence-electron chi connectivity index (χ1n) is 13.5. The van der Waals surface area contributed by atoms with E-state index in [0.29, 0.717) is 49.8 Å². The van der Waals surface area contributed by atoms with Crippen LogP contribution in [-0.2, 0) is 4.79 Å². The Labute approximate surface area is 253 Å². The van der Waals surface area contributed by atoms with Crippen molar-refractivity contribution in [1.82, 2.24) is 20.1 Å². The number of rotatable bonds is 9. The van der Waals surface area contributed by atoms with Crippen molar-refractivity contribution in [3.8, 4) is 5.75 Å². The second-order valence-corrected chi connectivity index (χ2v) is 11.2. The van der Waals surface area contributed by atoms with E-state index in [0.717, 1.165) is 32.0 Å². The van der Waals surface area contributed by atoms with Crippen LogP contribution in [0.3, 0.4) is 0 Å². The molecule has 0 radical (unpaired) electrons. The number of carbonyl (C=O) groups is 1. The smallest absolute Gasteiger partial charge is 0.247 e. The number of ether oxygens (including phenoxy) is 1. The van der Waals surface area contributed by atoms with Crippen LogP contribution in [0.25, 0.3) is 10.9 Å². The van der Waals surface area contributed by atoms with Gasteiger partial charge in [-0.15, -0.1) is 0 Å². The molecule has 1 atom stereocenters. The zero-order chi connectivity index (χ0) is 30.0. The number of fused-ring (bicyclic) bond motifs is 1. The van der Waals surface area contributed by atoms with E-state index in [-0.39, 0.29) is 11.4 Å². The monoisotopic (exact) mass is 611 g/mol. The molecule has 5 rings (SSSR count). The van der Waals surface area contributed by atoms with E-state index in [1.807, 2.05) is 13.0 Å². The number of nitrogens with one attached hydrogen (secondary N) is 3. The van der Waals surface area contributed by atoms with Crippen LogP contribution in [0.15, 0.2) is 55.4 Å². The SMILES string of the molecule is C=CC(=O)Nc1cc(N2CCC(N(C)C)CC2)cc(F)c1Nc1n[nH]c2ccc(O[C@H](C)c3c(Cl)cncc3Cl)cc12. The molecule has 9 nitrogen and oxygen atoms in total. The van der Waals surface area contributed by atoms with Gasteiger partial charge in [0, 0.05) is 48.2 Å². The first-order chi connectivity index (χ1) is 20.1. The Morgan fingerprint density at radius 2 is 1.93 bits per heavy atom. The molecule has 0 spiro atoms. The Balaban J connectivity index is 1.43. The number of amides is 1. The summed E-state index contributed by atoms with van der Waals surface area (Å²) in [5, 5.41) is 14.6. The summed E-state index contributed by atoms with van der Waals surface area (Å²) >= 11 is 12.6. The van der Waals surface area contributed by atoms with E-state index in [1.54, 1.807) is 18.2 Å². The lowest BCUT2D eigenvalue weighted by atomic mass is 10.0. The highest BCUT2D eigenvalue weighted by molar-refractivity contribution is 6.35. The molecule has 0 saturated carbocycles. The third kappa shape index (κ3) is 6.30. The van der Waals surface area contributed by atoms with E-state index in [1.165, 1.54) is 18.5 Å². The van der Waals surface area contributed by atoms with Crippen LogP contribution >= 0.6 is 23.2 Å². The number of aromatic nitrogens is 3. The maximum absolute atomic E-state index is 15.8. The highest BCUT2D eigenvalue weighted by Crippen LogP contribution is 2.38. The Bertz CT molecular complexity index is 1600. The Kier molecular flexibility index (Phi) is 8.86. The third-order valence-electron chi connectivity index (χ3n) is 7.47. The Morgan fingerprint density at radius 3 is 2.60 bits per heavy atom. The van der Waals surface area contributed by atoms with Crippen LogP contribution in [0.5, 0.6) is 5.75 Å². The van der Waals surface area contributed by atoms with Crippen molar-refractivity contribution in [2.75, 3.05) is 42.7 Å². The van der Waals surface area contributed by atoms with Crippen LogP contribution < -0.4 is 20.3 Å². The normalized spacial score (nSPS) is 14.7. The van der Waals surface area contributed by atoms with Gasteiger partial charge in [0.1, 0.15) is 17.5 Å². The number of H-pyrrole nitrogens is 1. The van der Waals surface area contributed by atoms with Crippen molar-refractivity contribution in [3.63, 3.8) is 0 Å². The number of hydrogen-bond donors (Lipinski definition) is 3. The van der Waals surface area contributed by atoms with Crippen molar-refractivity contribution in [3.05, 3.63) is 76.8 Å². The van der Waals surface area contributed by atoms with Gasteiger partial charge in [-0.05, 0) is 70.3 Å². The maximum atomic E-state index is 15.8. The van der Waals surface area contributed by atoms with Crippen molar-refractivity contribution >= 4 is 62.9 Å². The van der Waals surface area contributed by atoms with Gasteiger partial charge >= 0.3 is 0 Å². The molecule has 0 bridgehead atoms. The quantitative estimate of drug-likeness (QED) is 0.176. The van der Waals surface area contributed by atoms with Crippen LogP contribution in [0.2, 0.25) is 10.0 Å². The number of halogens is 3. The summed E-state index contributed by atoms with van der Waals surface area (Å²) in [6.45, 7) is 6.94. The molecule has 12 heteroatoms. The second-order valence-electron chi connectivity index (χ2n) is 10.4. The van der Waals surface area contributed by atoms with Gasteiger partial charge in [-0.1, -0.05) is 29.8 Å². The van der Waals surface area contributed by atoms with Crippen molar-refractivity contribution in [2.24, 2.45) is 0 Å². The number of hydrogen-bond acceptors (Lipinski definition) is 7. The molecule has 1 saturated heterocycles. The Morgan fingerprint density at radius 1 is 1.21 bits per heavy atom. The summed E-state index contributed by atoms with van der Waals surface area (Å²) < 4.78 is 21.9. The minimum atomic E-state index is -0.527. The predicted molar refractivity (Wildman–Crippen MR) is 167 cm³/mol. The molecule has 1 fully saturated rings. The minimum Gasteiger partial charge on any atom is -0.486 e. The average Bonchev–Trinajstić information content (AvgIpc) is 3.36. The zero-order valence-electron chi connectivity index (χ0n) is 23.5. The van der Waals surface area contributed by atoms with Crippen molar-refractivity contribution < 1.29 is 13.9 Å². The van der Waals surface area contributed by atoms with Gasteiger partial charge in [0.25, 0.3) is 0 Å². The van der Waals surface area contributed by atoms with Gasteiger partial charge in [0.2, 0.25) is 5.91 Å². The molecule has 1 amide bonds. The molecule has 3 N–H and O–H groups in total. The molecule has 1 aliphatic heterocycles. The van der Waals surface area contributed by atoms with E-state index in [4.69, 9.17) is 27.9 Å². The summed E-state index contributed by atoms with van der Waals surface area (Å²) in [4.78, 5) is 20.7. The molecular weight excluding hydrogens is 580 g/mol. The number of aromatic amines is 1. The van der Waals surface area contributed by atoms with Gasteiger partial charge in [-0.2, -0.15) is 5.10 Å². The lowest BCUT2D eigenvalue weighted by molar-refractivity contribution is -0.111. The fraction of sp³-hybridized carbons (Fsp3) is 0.300. The molecule has 4 aromatic rings. The summed E-state index contributed by atoms with van der Waals surface area (Å²) in [6.07, 6.45) is 5.63. The van der Waals surface area contributed by atoms with E-state index >= 15 is 4.39 Å². The van der Waals surface area contributed by atoms with Gasteiger partial charge < -0.3 is 25.2 Å². The molecule has 220 valence electrons. The number of benzene rings is 2. The van der Waals surface area contributed by atoms with Crippen molar-refractivity contribution in [2.45, 2.75) is 31.9 Å². The third-order valence-corrected chi connectivity index (χ3v) is 8.07. The van der Waals surface area contributed by atoms with Crippen LogP contribution in [-0.4, -0.2) is 59.2 Å². The molecule has 0 aliphatic carbocycles. The summed E-state index contributed by atoms with van der Waals surface area (Å²) in [7, 11) is 4.15. The largest absolute Gasteiger partial charge is 0.486 e. The first kappa shape index (κ1) is 29.6. The van der Waals surface area contributed by atoms with Crippen LogP contribution in [0, 0.1) is 5.82 Å². The van der Waals surface area contributed by atoms with E-state index in [2.05, 4.69) is 56.3 Å². The number of nitrogens with zero attached hydrogens (tertiary/aromatic N) is 4. The molecule has 1 aliphatic rings. The van der Waals surface area contributed by atoms with Crippen LogP contribution in [0.1, 0.15) is 31.4 Å². The minimum absolute atomic E-state index is 0.0839. The summed E-state index contributed by atoms with van der Waals surface area (Å²) in [5.74, 6) is -0.0946. The summed E-state index contributed by atoms with van der Waals surface area (Å²) in [5.41, 5.74) is 2.38. The Hall–Kier alpha value is -3.86. The standard InChI is InChI=1S/C30H32Cl2FN7O2/c1-5-27(41)35-26-13-19(40-10-8-18(9-11-40)39(3)4)12-24(33)29(26)36-30-21-14-20(6-7-25(21)37-38-30)42-17(2)28-22(31)15-34-16-23(28)32/h5-7,12-18H,1,8-11H2,2-4H3,(H,35,41)(H2,36,37,38)/t17-/m1/s1. The van der Waals surface area contributed by atoms with Gasteiger partial charge in [0.15, 0.2) is 11.6 Å². The van der Waals surface area contributed by atoms with Crippen molar-refractivity contribution in [1.29, 1.82) is 0 Å². The number of piperidine rings is 1. The fourth-order valence-corrected chi connectivity index (χ4v) is 5.85. The second kappa shape index (κ2) is 12.6. The molecule has 2 aromatic carbocycles. The topological polar surface area (TPSA) is 98.4 Å². The predicted octanol–water partition coefficient (Wildman–Crippen LogP) is 6.94. The van der Waals surface area contributed by atoms with Crippen LogP contribution in [0.4, 0.5) is 27.3 Å². The van der Waals surface area contributed by atoms with E-state index < -0.39 is 17.8 Å². The summed E-state index contributed by atoms with van der Waals surface area (Å²) in [6, 6.07) is 9.11. The average molecular weight is 613 g/mol. The fourth-order valence-electron chi connectivity index (χ4n) is 5.18. The molecular formula is C30H32Cl2FN7O2. The van der Waals surface area contributed by atoms with Gasteiger partial charge in [0.05, 0.1) is 21.2 Å². The molecule has 3 heterocycles. The number of pyridine rings is 1. The number of carbonyl (C=O) groups excluding carboxylic acids is 1. The molecule has 0 unspecified atom stereocenters. The maximum Gasteiger partial charge on any atom is 0.247 e. The zero-order valence-corrected chi connectivity index (χ0v) is 25.1. The lowest BCUT2D eigenvalue weighted by Gasteiger charge is -2.36. The lowest BCUT2D eigenvalue weighted by Crippen LogP contribution is -2.42. The molecule has 2 aromatic heterocycles. The van der Waals surface area contributed by atoms with E-state index in [9.17, 15) is 4.79 Å². The van der Waals surface area contributed by atoms with Gasteiger partial charge in [-0.3, -0.25) is 14.9 Å².